The van der Waals surface area contributed by atoms with Crippen molar-refractivity contribution >= 4 is 29.7 Å². The topological polar surface area (TPSA) is 105 Å². The lowest BCUT2D eigenvalue weighted by Gasteiger charge is -2.22. The molecule has 2 amide bonds. The summed E-state index contributed by atoms with van der Waals surface area (Å²) in [5, 5.41) is 14.3. The first-order chi connectivity index (χ1) is 11.2. The van der Waals surface area contributed by atoms with Gasteiger partial charge in [-0.1, -0.05) is 27.7 Å². The summed E-state index contributed by atoms with van der Waals surface area (Å²) < 4.78 is 5.03. The van der Waals surface area contributed by atoms with Crippen LogP contribution in [0.4, 0.5) is 4.79 Å². The smallest absolute Gasteiger partial charge is 0.407 e. The molecule has 0 saturated carbocycles. The first-order valence-corrected chi connectivity index (χ1v) is 9.52. The molecule has 3 N–H and O–H groups in total. The number of carboxylic acids is 1. The first kappa shape index (κ1) is 22.6. The van der Waals surface area contributed by atoms with Crippen molar-refractivity contribution in [2.24, 2.45) is 11.8 Å². The van der Waals surface area contributed by atoms with Crippen LogP contribution in [0.3, 0.4) is 0 Å². The fourth-order valence-corrected chi connectivity index (χ4v) is 2.37. The molecule has 0 spiro atoms. The van der Waals surface area contributed by atoms with Gasteiger partial charge in [0.05, 0.1) is 6.61 Å². The summed E-state index contributed by atoms with van der Waals surface area (Å²) >= 11 is 1.54. The summed E-state index contributed by atoms with van der Waals surface area (Å²) in [5.74, 6) is -0.608. The fourth-order valence-electron chi connectivity index (χ4n) is 1.90. The first-order valence-electron chi connectivity index (χ1n) is 8.12. The van der Waals surface area contributed by atoms with E-state index in [0.29, 0.717) is 18.6 Å². The van der Waals surface area contributed by atoms with E-state index in [0.717, 1.165) is 0 Å². The zero-order chi connectivity index (χ0) is 18.7. The molecule has 0 rings (SSSR count). The van der Waals surface area contributed by atoms with E-state index in [2.05, 4.69) is 10.6 Å². The molecular weight excluding hydrogens is 332 g/mol. The van der Waals surface area contributed by atoms with Gasteiger partial charge >= 0.3 is 12.1 Å². The Balaban J connectivity index is 4.78. The third-order valence-corrected chi connectivity index (χ3v) is 3.73. The van der Waals surface area contributed by atoms with Crippen LogP contribution in [0.15, 0.2) is 0 Å². The number of hydrogen-bond donors (Lipinski definition) is 3. The van der Waals surface area contributed by atoms with Crippen LogP contribution in [-0.2, 0) is 14.3 Å². The molecule has 0 aromatic rings. The van der Waals surface area contributed by atoms with Gasteiger partial charge in [0.2, 0.25) is 5.91 Å². The Kier molecular flexibility index (Phi) is 11.3. The van der Waals surface area contributed by atoms with E-state index < -0.39 is 30.1 Å². The molecule has 0 aliphatic heterocycles. The van der Waals surface area contributed by atoms with E-state index in [9.17, 15) is 19.5 Å². The predicted octanol–water partition coefficient (Wildman–Crippen LogP) is 2.11. The molecule has 0 aliphatic carbocycles. The number of amides is 2. The van der Waals surface area contributed by atoms with Crippen LogP contribution in [0.25, 0.3) is 0 Å². The van der Waals surface area contributed by atoms with Crippen LogP contribution in [0.5, 0.6) is 0 Å². The number of nitrogens with one attached hydrogen (secondary N) is 2. The number of rotatable bonds is 11. The van der Waals surface area contributed by atoms with E-state index in [4.69, 9.17) is 4.74 Å². The van der Waals surface area contributed by atoms with Gasteiger partial charge in [0, 0.05) is 0 Å². The molecule has 0 heterocycles. The summed E-state index contributed by atoms with van der Waals surface area (Å²) in [6, 6.07) is -1.78. The molecule has 0 aromatic heterocycles. The van der Waals surface area contributed by atoms with Crippen molar-refractivity contribution in [1.82, 2.24) is 10.6 Å². The van der Waals surface area contributed by atoms with E-state index in [1.807, 2.05) is 34.0 Å². The van der Waals surface area contributed by atoms with E-state index >= 15 is 0 Å². The summed E-state index contributed by atoms with van der Waals surface area (Å²) in [6.07, 6.45) is 1.96. The highest BCUT2D eigenvalue weighted by Crippen LogP contribution is 2.07. The molecule has 0 aromatic carbocycles. The molecule has 0 fully saturated rings. The fraction of sp³-hybridized carbons (Fsp3) is 0.812. The van der Waals surface area contributed by atoms with Gasteiger partial charge in [0.1, 0.15) is 12.1 Å². The standard InChI is InChI=1S/C16H30N2O5S/c1-10(2)8-13(15(20)21)17-14(19)12(6-7-24-5)18-16(22)23-9-11(3)4/h10-13H,6-9H2,1-5H3,(H,17,19)(H,18,22)(H,20,21). The maximum atomic E-state index is 12.4. The van der Waals surface area contributed by atoms with Crippen LogP contribution in [0.1, 0.15) is 40.5 Å². The number of hydrogen-bond acceptors (Lipinski definition) is 5. The number of carbonyl (C=O) groups excluding carboxylic acids is 2. The van der Waals surface area contributed by atoms with Crippen LogP contribution in [0.2, 0.25) is 0 Å². The molecule has 0 bridgehead atoms. The van der Waals surface area contributed by atoms with Gasteiger partial charge in [0.25, 0.3) is 0 Å². The number of thioether (sulfide) groups is 1. The number of ether oxygens (including phenoxy) is 1. The molecule has 7 nitrogen and oxygen atoms in total. The summed E-state index contributed by atoms with van der Waals surface area (Å²) in [4.78, 5) is 35.4. The van der Waals surface area contributed by atoms with Gasteiger partial charge in [-0.15, -0.1) is 0 Å². The Morgan fingerprint density at radius 2 is 1.67 bits per heavy atom. The predicted molar refractivity (Wildman–Crippen MR) is 95.1 cm³/mol. The van der Waals surface area contributed by atoms with Crippen molar-refractivity contribution in [1.29, 1.82) is 0 Å². The number of aliphatic carboxylic acids is 1. The largest absolute Gasteiger partial charge is 0.480 e. The third kappa shape index (κ3) is 10.4. The second-order valence-corrected chi connectivity index (χ2v) is 7.49. The Bertz CT molecular complexity index is 415. The van der Waals surface area contributed by atoms with Crippen molar-refractivity contribution in [3.8, 4) is 0 Å². The molecule has 2 atom stereocenters. The normalized spacial score (nSPS) is 13.5. The van der Waals surface area contributed by atoms with E-state index in [-0.39, 0.29) is 18.4 Å². The Morgan fingerprint density at radius 3 is 2.12 bits per heavy atom. The number of alkyl carbamates (subject to hydrolysis) is 1. The van der Waals surface area contributed by atoms with Crippen molar-refractivity contribution in [2.45, 2.75) is 52.6 Å². The van der Waals surface area contributed by atoms with E-state index in [1.54, 1.807) is 11.8 Å². The zero-order valence-electron chi connectivity index (χ0n) is 15.1. The van der Waals surface area contributed by atoms with Crippen LogP contribution >= 0.6 is 11.8 Å². The third-order valence-electron chi connectivity index (χ3n) is 3.09. The zero-order valence-corrected chi connectivity index (χ0v) is 15.9. The minimum Gasteiger partial charge on any atom is -0.480 e. The molecule has 2 unspecified atom stereocenters. The number of carbonyl (C=O) groups is 3. The molecule has 8 heteroatoms. The molecular formula is C16H30N2O5S. The Morgan fingerprint density at radius 1 is 1.04 bits per heavy atom. The minimum atomic E-state index is -1.08. The molecule has 0 radical (unpaired) electrons. The Hall–Kier alpha value is -1.44. The van der Waals surface area contributed by atoms with Gasteiger partial charge in [-0.05, 0) is 36.7 Å². The summed E-state index contributed by atoms with van der Waals surface area (Å²) in [5.41, 5.74) is 0. The monoisotopic (exact) mass is 362 g/mol. The van der Waals surface area contributed by atoms with Crippen molar-refractivity contribution in [3.63, 3.8) is 0 Å². The highest BCUT2D eigenvalue weighted by molar-refractivity contribution is 7.98. The number of carboxylic acid groups (broad SMARTS) is 1. The van der Waals surface area contributed by atoms with Gasteiger partial charge < -0.3 is 20.5 Å². The lowest BCUT2D eigenvalue weighted by Crippen LogP contribution is -2.52. The summed E-state index contributed by atoms with van der Waals surface area (Å²) in [6.45, 7) is 7.85. The Labute approximate surface area is 148 Å². The van der Waals surface area contributed by atoms with Crippen molar-refractivity contribution in [2.75, 3.05) is 18.6 Å². The van der Waals surface area contributed by atoms with Gasteiger partial charge in [-0.2, -0.15) is 11.8 Å². The summed E-state index contributed by atoms with van der Waals surface area (Å²) in [7, 11) is 0. The van der Waals surface area contributed by atoms with Crippen LogP contribution in [0, 0.1) is 11.8 Å². The van der Waals surface area contributed by atoms with Crippen molar-refractivity contribution < 1.29 is 24.2 Å². The second-order valence-electron chi connectivity index (χ2n) is 6.50. The van der Waals surface area contributed by atoms with Gasteiger partial charge in [-0.3, -0.25) is 4.79 Å². The average Bonchev–Trinajstić information content (AvgIpc) is 2.47. The molecule has 0 saturated heterocycles. The van der Waals surface area contributed by atoms with Gasteiger partial charge in [0.15, 0.2) is 0 Å². The SMILES string of the molecule is CSCCC(NC(=O)OCC(C)C)C(=O)NC(CC(C)C)C(=O)O. The van der Waals surface area contributed by atoms with Crippen molar-refractivity contribution in [3.05, 3.63) is 0 Å². The maximum Gasteiger partial charge on any atom is 0.407 e. The van der Waals surface area contributed by atoms with Crippen LogP contribution < -0.4 is 10.6 Å². The molecule has 140 valence electrons. The lowest BCUT2D eigenvalue weighted by molar-refractivity contribution is -0.142. The quantitative estimate of drug-likeness (QED) is 0.520. The minimum absolute atomic E-state index is 0.125. The average molecular weight is 362 g/mol. The van der Waals surface area contributed by atoms with E-state index in [1.165, 1.54) is 0 Å². The highest BCUT2D eigenvalue weighted by Gasteiger charge is 2.27. The lowest BCUT2D eigenvalue weighted by atomic mass is 10.0. The molecule has 0 aliphatic rings. The second kappa shape index (κ2) is 12.0. The maximum absolute atomic E-state index is 12.4. The van der Waals surface area contributed by atoms with Crippen LogP contribution in [-0.4, -0.2) is 53.8 Å². The van der Waals surface area contributed by atoms with Gasteiger partial charge in [-0.25, -0.2) is 9.59 Å². The molecule has 24 heavy (non-hydrogen) atoms. The highest BCUT2D eigenvalue weighted by atomic mass is 32.2.